The minimum atomic E-state index is 0. The van der Waals surface area contributed by atoms with Crippen molar-refractivity contribution in [3.63, 3.8) is 0 Å². The average Bonchev–Trinajstić information content (AvgIpc) is 3.00. The van der Waals surface area contributed by atoms with Gasteiger partial charge >= 0.3 is 0 Å². The predicted molar refractivity (Wildman–Crippen MR) is 125 cm³/mol. The number of piperazine rings is 1. The van der Waals surface area contributed by atoms with E-state index in [4.69, 9.17) is 0 Å². The topological polar surface area (TPSA) is 68.9 Å². The molecule has 28 heavy (non-hydrogen) atoms. The van der Waals surface area contributed by atoms with E-state index in [0.29, 0.717) is 5.75 Å². The number of rotatable bonds is 5. The summed E-state index contributed by atoms with van der Waals surface area (Å²) in [5.74, 6) is 1.29. The third-order valence-electron chi connectivity index (χ3n) is 4.95. The number of anilines is 1. The highest BCUT2D eigenvalue weighted by atomic mass is 127. The molecule has 7 nitrogen and oxygen atoms in total. The van der Waals surface area contributed by atoms with E-state index in [1.165, 1.54) is 5.69 Å². The number of hydrogen-bond acceptors (Lipinski definition) is 4. The van der Waals surface area contributed by atoms with Crippen LogP contribution in [-0.4, -0.2) is 65.5 Å². The summed E-state index contributed by atoms with van der Waals surface area (Å²) in [6, 6.07) is 9.63. The van der Waals surface area contributed by atoms with Gasteiger partial charge in [-0.3, -0.25) is 9.67 Å². The van der Waals surface area contributed by atoms with Gasteiger partial charge in [-0.2, -0.15) is 5.10 Å². The second kappa shape index (κ2) is 10.5. The Morgan fingerprint density at radius 3 is 2.50 bits per heavy atom. The summed E-state index contributed by atoms with van der Waals surface area (Å²) in [4.78, 5) is 8.94. The standard InChI is InChI=1S/C20H30N6O.HI/c1-16-15-17(2)26(23-16)10-6-9-22-20(21-3)25-13-11-24(12-14-25)18-7-4-5-8-19(18)27;/h4-5,7-8,15,27H,6,9-14H2,1-3H3,(H,21,22);1H. The van der Waals surface area contributed by atoms with Gasteiger partial charge < -0.3 is 20.2 Å². The van der Waals surface area contributed by atoms with Crippen LogP contribution in [0.25, 0.3) is 0 Å². The van der Waals surface area contributed by atoms with Crippen LogP contribution in [0.1, 0.15) is 17.8 Å². The highest BCUT2D eigenvalue weighted by molar-refractivity contribution is 14.0. The number of nitrogens with one attached hydrogen (secondary N) is 1. The number of halogens is 1. The van der Waals surface area contributed by atoms with E-state index in [9.17, 15) is 5.11 Å². The zero-order valence-electron chi connectivity index (χ0n) is 16.9. The van der Waals surface area contributed by atoms with Gasteiger partial charge in [0.1, 0.15) is 5.75 Å². The zero-order valence-corrected chi connectivity index (χ0v) is 19.3. The number of phenols is 1. The lowest BCUT2D eigenvalue weighted by molar-refractivity contribution is 0.369. The first kappa shape index (κ1) is 22.3. The molecule has 0 radical (unpaired) electrons. The van der Waals surface area contributed by atoms with E-state index in [2.05, 4.69) is 42.9 Å². The van der Waals surface area contributed by atoms with Crippen molar-refractivity contribution in [2.75, 3.05) is 44.7 Å². The SMILES string of the molecule is CN=C(NCCCn1nc(C)cc1C)N1CCN(c2ccccc2O)CC1.I. The molecule has 0 unspecified atom stereocenters. The molecule has 0 bridgehead atoms. The zero-order chi connectivity index (χ0) is 19.2. The summed E-state index contributed by atoms with van der Waals surface area (Å²) in [6.07, 6.45) is 0.999. The fraction of sp³-hybridized carbons (Fsp3) is 0.500. The van der Waals surface area contributed by atoms with Gasteiger partial charge in [-0.1, -0.05) is 12.1 Å². The second-order valence-electron chi connectivity index (χ2n) is 6.94. The van der Waals surface area contributed by atoms with Gasteiger partial charge in [0.25, 0.3) is 0 Å². The molecular weight excluding hydrogens is 467 g/mol. The molecule has 1 fully saturated rings. The van der Waals surface area contributed by atoms with Crippen molar-refractivity contribution < 1.29 is 5.11 Å². The molecule has 3 rings (SSSR count). The van der Waals surface area contributed by atoms with E-state index in [1.807, 2.05) is 32.2 Å². The lowest BCUT2D eigenvalue weighted by atomic mass is 10.2. The van der Waals surface area contributed by atoms with E-state index in [0.717, 1.165) is 63.0 Å². The number of benzene rings is 1. The highest BCUT2D eigenvalue weighted by Gasteiger charge is 2.21. The Morgan fingerprint density at radius 1 is 1.18 bits per heavy atom. The number of aromatic hydroxyl groups is 1. The Balaban J connectivity index is 0.00000280. The maximum Gasteiger partial charge on any atom is 0.193 e. The van der Waals surface area contributed by atoms with E-state index in [-0.39, 0.29) is 24.0 Å². The quantitative estimate of drug-likeness (QED) is 0.287. The summed E-state index contributed by atoms with van der Waals surface area (Å²) in [5.41, 5.74) is 3.18. The number of phenolic OH excluding ortho intramolecular Hbond substituents is 1. The fourth-order valence-electron chi connectivity index (χ4n) is 3.55. The van der Waals surface area contributed by atoms with Crippen molar-refractivity contribution in [2.45, 2.75) is 26.8 Å². The predicted octanol–water partition coefficient (Wildman–Crippen LogP) is 2.61. The van der Waals surface area contributed by atoms with Crippen LogP contribution in [0.15, 0.2) is 35.3 Å². The number of guanidine groups is 1. The molecule has 0 amide bonds. The third kappa shape index (κ3) is 5.52. The molecule has 2 aromatic rings. The van der Waals surface area contributed by atoms with Crippen LogP contribution in [0.3, 0.4) is 0 Å². The van der Waals surface area contributed by atoms with Gasteiger partial charge in [0.2, 0.25) is 0 Å². The minimum absolute atomic E-state index is 0. The average molecular weight is 498 g/mol. The molecule has 0 saturated carbocycles. The summed E-state index contributed by atoms with van der Waals surface area (Å²) in [5, 5.41) is 18.0. The van der Waals surface area contributed by atoms with Crippen LogP contribution in [0, 0.1) is 13.8 Å². The highest BCUT2D eigenvalue weighted by Crippen LogP contribution is 2.27. The van der Waals surface area contributed by atoms with Crippen molar-refractivity contribution in [1.29, 1.82) is 0 Å². The minimum Gasteiger partial charge on any atom is -0.506 e. The number of aliphatic imine (C=N–C) groups is 1. The van der Waals surface area contributed by atoms with Crippen LogP contribution < -0.4 is 10.2 Å². The summed E-state index contributed by atoms with van der Waals surface area (Å²) in [6.45, 7) is 9.38. The lowest BCUT2D eigenvalue weighted by Gasteiger charge is -2.37. The Labute approximate surface area is 184 Å². The van der Waals surface area contributed by atoms with Gasteiger partial charge in [-0.25, -0.2) is 0 Å². The molecule has 154 valence electrons. The molecule has 2 heterocycles. The molecule has 8 heteroatoms. The first-order valence-corrected chi connectivity index (χ1v) is 9.58. The number of hydrogen-bond donors (Lipinski definition) is 2. The Hall–Kier alpha value is -1.97. The molecule has 1 aromatic heterocycles. The van der Waals surface area contributed by atoms with Crippen LogP contribution in [0.2, 0.25) is 0 Å². The van der Waals surface area contributed by atoms with Crippen LogP contribution >= 0.6 is 24.0 Å². The summed E-state index contributed by atoms with van der Waals surface area (Å²) >= 11 is 0. The number of nitrogens with zero attached hydrogens (tertiary/aromatic N) is 5. The van der Waals surface area contributed by atoms with Crippen molar-refractivity contribution in [3.8, 4) is 5.75 Å². The van der Waals surface area contributed by atoms with E-state index >= 15 is 0 Å². The van der Waals surface area contributed by atoms with Gasteiger partial charge in [0, 0.05) is 52.0 Å². The number of aryl methyl sites for hydroxylation is 3. The van der Waals surface area contributed by atoms with Gasteiger partial charge in [0.05, 0.1) is 11.4 Å². The lowest BCUT2D eigenvalue weighted by Crippen LogP contribution is -2.52. The fourth-order valence-corrected chi connectivity index (χ4v) is 3.55. The normalized spacial score (nSPS) is 14.8. The molecule has 1 aromatic carbocycles. The van der Waals surface area contributed by atoms with Gasteiger partial charge in [-0.05, 0) is 38.5 Å². The second-order valence-corrected chi connectivity index (χ2v) is 6.94. The third-order valence-corrected chi connectivity index (χ3v) is 4.95. The molecule has 0 aliphatic carbocycles. The smallest absolute Gasteiger partial charge is 0.193 e. The van der Waals surface area contributed by atoms with Gasteiger partial charge in [0.15, 0.2) is 5.96 Å². The van der Waals surface area contributed by atoms with Gasteiger partial charge in [-0.15, -0.1) is 24.0 Å². The maximum atomic E-state index is 10.0. The Morgan fingerprint density at radius 2 is 1.89 bits per heavy atom. The molecule has 0 atom stereocenters. The number of aromatic nitrogens is 2. The van der Waals surface area contributed by atoms with Crippen molar-refractivity contribution in [2.24, 2.45) is 4.99 Å². The van der Waals surface area contributed by atoms with Crippen molar-refractivity contribution in [3.05, 3.63) is 41.7 Å². The first-order valence-electron chi connectivity index (χ1n) is 9.58. The van der Waals surface area contributed by atoms with Crippen molar-refractivity contribution >= 4 is 35.6 Å². The Bertz CT molecular complexity index is 783. The monoisotopic (exact) mass is 498 g/mol. The summed E-state index contributed by atoms with van der Waals surface area (Å²) < 4.78 is 2.06. The first-order chi connectivity index (χ1) is 13.1. The summed E-state index contributed by atoms with van der Waals surface area (Å²) in [7, 11) is 1.83. The molecule has 1 saturated heterocycles. The molecule has 1 aliphatic rings. The van der Waals surface area contributed by atoms with E-state index < -0.39 is 0 Å². The van der Waals surface area contributed by atoms with Crippen LogP contribution in [-0.2, 0) is 6.54 Å². The van der Waals surface area contributed by atoms with Crippen LogP contribution in [0.4, 0.5) is 5.69 Å². The van der Waals surface area contributed by atoms with Crippen LogP contribution in [0.5, 0.6) is 5.75 Å². The molecule has 1 aliphatic heterocycles. The van der Waals surface area contributed by atoms with Crippen molar-refractivity contribution in [1.82, 2.24) is 20.0 Å². The maximum absolute atomic E-state index is 10.0. The molecule has 2 N–H and O–H groups in total. The molecular formula is C20H31IN6O. The Kier molecular flexibility index (Phi) is 8.40. The molecule has 0 spiro atoms. The largest absolute Gasteiger partial charge is 0.506 e. The van der Waals surface area contributed by atoms with E-state index in [1.54, 1.807) is 6.07 Å². The number of para-hydroxylation sites is 2.